The first-order valence-electron chi connectivity index (χ1n) is 5.35. The smallest absolute Gasteiger partial charge is 0.127 e. The Labute approximate surface area is 100 Å². The summed E-state index contributed by atoms with van der Waals surface area (Å²) < 4.78 is 0.871. The van der Waals surface area contributed by atoms with Gasteiger partial charge in [0.15, 0.2) is 0 Å². The lowest BCUT2D eigenvalue weighted by molar-refractivity contribution is 0.316. The van der Waals surface area contributed by atoms with Gasteiger partial charge in [0.05, 0.1) is 0 Å². The van der Waals surface area contributed by atoms with Gasteiger partial charge in [-0.3, -0.25) is 0 Å². The molecular formula is C11H18BrN3. The Kier molecular flexibility index (Phi) is 5.65. The van der Waals surface area contributed by atoms with E-state index in [4.69, 9.17) is 0 Å². The molecule has 1 aromatic rings. The molecule has 1 N–H and O–H groups in total. The molecule has 0 aromatic carbocycles. The Morgan fingerprint density at radius 1 is 1.33 bits per heavy atom. The molecule has 0 saturated heterocycles. The molecule has 0 aliphatic carbocycles. The van der Waals surface area contributed by atoms with Gasteiger partial charge in [0, 0.05) is 13.1 Å². The minimum atomic E-state index is 0.871. The van der Waals surface area contributed by atoms with Crippen LogP contribution in [-0.4, -0.2) is 36.1 Å². The lowest BCUT2D eigenvalue weighted by Crippen LogP contribution is -2.28. The SMILES string of the molecule is CCN(CC)CCNc1cccc(Br)n1. The average Bonchev–Trinajstić information content (AvgIpc) is 2.25. The summed E-state index contributed by atoms with van der Waals surface area (Å²) in [5.74, 6) is 0.927. The Morgan fingerprint density at radius 3 is 2.67 bits per heavy atom. The number of rotatable bonds is 6. The highest BCUT2D eigenvalue weighted by Gasteiger charge is 1.98. The van der Waals surface area contributed by atoms with Gasteiger partial charge < -0.3 is 10.2 Å². The molecule has 4 heteroatoms. The van der Waals surface area contributed by atoms with E-state index in [1.807, 2.05) is 18.2 Å². The number of anilines is 1. The first-order chi connectivity index (χ1) is 7.26. The van der Waals surface area contributed by atoms with E-state index in [-0.39, 0.29) is 0 Å². The van der Waals surface area contributed by atoms with E-state index in [0.717, 1.165) is 36.6 Å². The second kappa shape index (κ2) is 6.80. The van der Waals surface area contributed by atoms with Crippen molar-refractivity contribution in [2.75, 3.05) is 31.5 Å². The summed E-state index contributed by atoms with van der Waals surface area (Å²) in [6.07, 6.45) is 0. The third kappa shape index (κ3) is 4.62. The number of aromatic nitrogens is 1. The van der Waals surface area contributed by atoms with Crippen LogP contribution in [0.5, 0.6) is 0 Å². The second-order valence-corrected chi connectivity index (χ2v) is 4.11. The Balaban J connectivity index is 2.31. The van der Waals surface area contributed by atoms with Gasteiger partial charge in [-0.05, 0) is 41.2 Å². The summed E-state index contributed by atoms with van der Waals surface area (Å²) in [5, 5.41) is 3.30. The standard InChI is InChI=1S/C11H18BrN3/c1-3-15(4-2)9-8-13-11-7-5-6-10(12)14-11/h5-7H,3-4,8-9H2,1-2H3,(H,13,14). The third-order valence-electron chi connectivity index (χ3n) is 2.34. The molecule has 15 heavy (non-hydrogen) atoms. The van der Waals surface area contributed by atoms with E-state index in [1.54, 1.807) is 0 Å². The summed E-state index contributed by atoms with van der Waals surface area (Å²) in [6.45, 7) is 8.56. The molecule has 1 heterocycles. The highest BCUT2D eigenvalue weighted by Crippen LogP contribution is 2.09. The molecule has 3 nitrogen and oxygen atoms in total. The highest BCUT2D eigenvalue weighted by molar-refractivity contribution is 9.10. The molecule has 0 aliphatic heterocycles. The van der Waals surface area contributed by atoms with E-state index < -0.39 is 0 Å². The predicted octanol–water partition coefficient (Wildman–Crippen LogP) is 2.60. The summed E-state index contributed by atoms with van der Waals surface area (Å²) in [7, 11) is 0. The van der Waals surface area contributed by atoms with Gasteiger partial charge in [-0.1, -0.05) is 19.9 Å². The minimum absolute atomic E-state index is 0.871. The molecular weight excluding hydrogens is 254 g/mol. The van der Waals surface area contributed by atoms with Gasteiger partial charge in [-0.25, -0.2) is 4.98 Å². The number of nitrogens with zero attached hydrogens (tertiary/aromatic N) is 2. The molecule has 0 fully saturated rings. The predicted molar refractivity (Wildman–Crippen MR) is 68.2 cm³/mol. The normalized spacial score (nSPS) is 10.7. The second-order valence-electron chi connectivity index (χ2n) is 3.30. The van der Waals surface area contributed by atoms with Crippen molar-refractivity contribution >= 4 is 21.7 Å². The molecule has 0 aliphatic rings. The Bertz CT molecular complexity index is 287. The average molecular weight is 272 g/mol. The molecule has 1 rings (SSSR count). The van der Waals surface area contributed by atoms with Crippen LogP contribution in [0.1, 0.15) is 13.8 Å². The van der Waals surface area contributed by atoms with Crippen LogP contribution < -0.4 is 5.32 Å². The van der Waals surface area contributed by atoms with Gasteiger partial charge in [-0.2, -0.15) is 0 Å². The zero-order valence-corrected chi connectivity index (χ0v) is 10.9. The molecule has 0 spiro atoms. The maximum absolute atomic E-state index is 4.31. The van der Waals surface area contributed by atoms with Crippen LogP contribution in [0.25, 0.3) is 0 Å². The number of halogens is 1. The van der Waals surface area contributed by atoms with Crippen LogP contribution in [-0.2, 0) is 0 Å². The monoisotopic (exact) mass is 271 g/mol. The minimum Gasteiger partial charge on any atom is -0.369 e. The largest absolute Gasteiger partial charge is 0.369 e. The van der Waals surface area contributed by atoms with Crippen molar-refractivity contribution < 1.29 is 0 Å². The van der Waals surface area contributed by atoms with Crippen LogP contribution in [0.2, 0.25) is 0 Å². The molecule has 0 unspecified atom stereocenters. The first-order valence-corrected chi connectivity index (χ1v) is 6.14. The summed E-state index contributed by atoms with van der Waals surface area (Å²) >= 11 is 3.35. The van der Waals surface area contributed by atoms with E-state index in [0.29, 0.717) is 0 Å². The van der Waals surface area contributed by atoms with Crippen molar-refractivity contribution in [3.8, 4) is 0 Å². The molecule has 0 bridgehead atoms. The van der Waals surface area contributed by atoms with Gasteiger partial charge in [0.25, 0.3) is 0 Å². The fourth-order valence-electron chi connectivity index (χ4n) is 1.39. The number of likely N-dealkylation sites (N-methyl/N-ethyl adjacent to an activating group) is 1. The van der Waals surface area contributed by atoms with Crippen molar-refractivity contribution in [2.45, 2.75) is 13.8 Å². The van der Waals surface area contributed by atoms with E-state index in [2.05, 4.69) is 45.0 Å². The lowest BCUT2D eigenvalue weighted by atomic mass is 10.4. The maximum atomic E-state index is 4.31. The zero-order chi connectivity index (χ0) is 11.1. The van der Waals surface area contributed by atoms with Crippen LogP contribution in [0.3, 0.4) is 0 Å². The Morgan fingerprint density at radius 2 is 2.07 bits per heavy atom. The molecule has 0 saturated carbocycles. The van der Waals surface area contributed by atoms with Crippen LogP contribution >= 0.6 is 15.9 Å². The lowest BCUT2D eigenvalue weighted by Gasteiger charge is -2.18. The van der Waals surface area contributed by atoms with Gasteiger partial charge in [-0.15, -0.1) is 0 Å². The van der Waals surface area contributed by atoms with Gasteiger partial charge >= 0.3 is 0 Å². The molecule has 0 radical (unpaired) electrons. The highest BCUT2D eigenvalue weighted by atomic mass is 79.9. The molecule has 1 aromatic heterocycles. The topological polar surface area (TPSA) is 28.2 Å². The zero-order valence-electron chi connectivity index (χ0n) is 9.33. The van der Waals surface area contributed by atoms with Crippen molar-refractivity contribution in [2.24, 2.45) is 0 Å². The van der Waals surface area contributed by atoms with E-state index in [1.165, 1.54) is 0 Å². The van der Waals surface area contributed by atoms with Gasteiger partial charge in [0.1, 0.15) is 10.4 Å². The van der Waals surface area contributed by atoms with Crippen molar-refractivity contribution in [1.29, 1.82) is 0 Å². The third-order valence-corrected chi connectivity index (χ3v) is 2.79. The first kappa shape index (κ1) is 12.5. The fourth-order valence-corrected chi connectivity index (χ4v) is 1.73. The number of pyridine rings is 1. The van der Waals surface area contributed by atoms with Crippen molar-refractivity contribution in [1.82, 2.24) is 9.88 Å². The number of hydrogen-bond donors (Lipinski definition) is 1. The summed E-state index contributed by atoms with van der Waals surface area (Å²) in [5.41, 5.74) is 0. The quantitative estimate of drug-likeness (QED) is 0.807. The molecule has 84 valence electrons. The number of nitrogens with one attached hydrogen (secondary N) is 1. The Hall–Kier alpha value is -0.610. The fraction of sp³-hybridized carbons (Fsp3) is 0.545. The number of hydrogen-bond acceptors (Lipinski definition) is 3. The molecule has 0 atom stereocenters. The van der Waals surface area contributed by atoms with E-state index in [9.17, 15) is 0 Å². The summed E-state index contributed by atoms with van der Waals surface area (Å²) in [6, 6.07) is 5.89. The van der Waals surface area contributed by atoms with Crippen LogP contribution in [0.15, 0.2) is 22.8 Å². The van der Waals surface area contributed by atoms with Crippen molar-refractivity contribution in [3.05, 3.63) is 22.8 Å². The summed E-state index contributed by atoms with van der Waals surface area (Å²) in [4.78, 5) is 6.69. The maximum Gasteiger partial charge on any atom is 0.127 e. The van der Waals surface area contributed by atoms with Gasteiger partial charge in [0.2, 0.25) is 0 Å². The van der Waals surface area contributed by atoms with Crippen molar-refractivity contribution in [3.63, 3.8) is 0 Å². The van der Waals surface area contributed by atoms with E-state index >= 15 is 0 Å². The van der Waals surface area contributed by atoms with Crippen LogP contribution in [0, 0.1) is 0 Å². The molecule has 0 amide bonds. The van der Waals surface area contributed by atoms with Crippen LogP contribution in [0.4, 0.5) is 5.82 Å².